The molecule has 3 N–H and O–H groups in total. The average Bonchev–Trinajstić information content (AvgIpc) is 3.42. The SMILES string of the molecule is CC(C)OC(=O)OCOP(=O)(CCN(C[C@H]1CCOC1)C(=O)C1NCC2(C(=O)NCc3ccc(F)cc3F)C(=O)[C@]12O)OCOC(=O)OC(C)C. The molecule has 1 saturated carbocycles. The van der Waals surface area contributed by atoms with Crippen molar-refractivity contribution in [3.05, 3.63) is 35.4 Å². The fourth-order valence-electron chi connectivity index (χ4n) is 5.73. The summed E-state index contributed by atoms with van der Waals surface area (Å²) in [7, 11) is -4.34. The van der Waals surface area contributed by atoms with Crippen LogP contribution in [0.25, 0.3) is 0 Å². The maximum atomic E-state index is 14.1. The summed E-state index contributed by atoms with van der Waals surface area (Å²) in [6.45, 7) is 3.97. The van der Waals surface area contributed by atoms with Crippen molar-refractivity contribution in [3.8, 4) is 0 Å². The number of hydrogen-bond acceptors (Lipinski definition) is 15. The first-order valence-electron chi connectivity index (χ1n) is 16.2. The van der Waals surface area contributed by atoms with Crippen LogP contribution in [-0.2, 0) is 58.2 Å². The van der Waals surface area contributed by atoms with Gasteiger partial charge < -0.3 is 44.3 Å². The number of Topliss-reactive ketones (excluding diaryl/α,β-unsaturated/α-hetero) is 1. The molecule has 2 amide bonds. The van der Waals surface area contributed by atoms with E-state index in [2.05, 4.69) is 10.6 Å². The Balaban J connectivity index is 1.47. The van der Waals surface area contributed by atoms with Crippen LogP contribution in [0.15, 0.2) is 18.2 Å². The van der Waals surface area contributed by atoms with Crippen molar-refractivity contribution in [1.29, 1.82) is 0 Å². The highest BCUT2D eigenvalue weighted by atomic mass is 31.2. The molecule has 1 aromatic carbocycles. The van der Waals surface area contributed by atoms with Gasteiger partial charge in [-0.3, -0.25) is 28.0 Å². The molecule has 2 heterocycles. The maximum absolute atomic E-state index is 14.1. The van der Waals surface area contributed by atoms with Crippen molar-refractivity contribution < 1.29 is 75.2 Å². The molecule has 0 radical (unpaired) electrons. The molecule has 0 bridgehead atoms. The fourth-order valence-corrected chi connectivity index (χ4v) is 6.97. The minimum absolute atomic E-state index is 0.0127. The summed E-state index contributed by atoms with van der Waals surface area (Å²) in [5, 5.41) is 16.6. The summed E-state index contributed by atoms with van der Waals surface area (Å²) < 4.78 is 76.4. The van der Waals surface area contributed by atoms with Crippen LogP contribution in [0.2, 0.25) is 0 Å². The quantitative estimate of drug-likeness (QED) is 0.0899. The van der Waals surface area contributed by atoms with Gasteiger partial charge in [0.05, 0.1) is 25.0 Å². The molecule has 4 atom stereocenters. The topological polar surface area (TPSA) is 215 Å². The van der Waals surface area contributed by atoms with E-state index in [0.717, 1.165) is 12.1 Å². The Morgan fingerprint density at radius 2 is 1.71 bits per heavy atom. The van der Waals surface area contributed by atoms with Gasteiger partial charge in [0, 0.05) is 50.3 Å². The molecule has 2 aliphatic heterocycles. The summed E-state index contributed by atoms with van der Waals surface area (Å²) in [5.74, 6) is -4.66. The van der Waals surface area contributed by atoms with Gasteiger partial charge in [-0.15, -0.1) is 0 Å². The molecule has 0 spiro atoms. The van der Waals surface area contributed by atoms with E-state index >= 15 is 0 Å². The largest absolute Gasteiger partial charge is 0.510 e. The van der Waals surface area contributed by atoms with Gasteiger partial charge in [0.25, 0.3) is 0 Å². The van der Waals surface area contributed by atoms with Crippen LogP contribution in [0.3, 0.4) is 0 Å². The first-order chi connectivity index (χ1) is 24.0. The number of benzene rings is 1. The number of carbonyl (C=O) groups is 5. The third-order valence-electron chi connectivity index (χ3n) is 8.37. The Bertz CT molecular complexity index is 1490. The summed E-state index contributed by atoms with van der Waals surface area (Å²) in [5.41, 5.74) is -4.59. The van der Waals surface area contributed by atoms with Crippen LogP contribution in [0, 0.1) is 23.0 Å². The van der Waals surface area contributed by atoms with E-state index in [1.165, 1.54) is 4.90 Å². The molecule has 2 saturated heterocycles. The van der Waals surface area contributed by atoms with Crippen LogP contribution in [0.1, 0.15) is 39.7 Å². The van der Waals surface area contributed by atoms with E-state index < -0.39 is 111 Å². The van der Waals surface area contributed by atoms with Crippen LogP contribution >= 0.6 is 7.60 Å². The number of rotatable bonds is 17. The van der Waals surface area contributed by atoms with E-state index in [4.69, 9.17) is 32.7 Å². The number of amides is 2. The molecule has 3 fully saturated rings. The number of ether oxygens (including phenoxy) is 5. The molecule has 3 aliphatic rings. The van der Waals surface area contributed by atoms with E-state index in [-0.39, 0.29) is 31.2 Å². The van der Waals surface area contributed by atoms with Gasteiger partial charge in [0.2, 0.25) is 25.4 Å². The first-order valence-corrected chi connectivity index (χ1v) is 17.9. The summed E-state index contributed by atoms with van der Waals surface area (Å²) in [6, 6.07) is 1.13. The monoisotopic (exact) mass is 749 g/mol. The van der Waals surface area contributed by atoms with E-state index in [1.54, 1.807) is 27.7 Å². The Kier molecular flexibility index (Phi) is 13.1. The second kappa shape index (κ2) is 16.7. The van der Waals surface area contributed by atoms with Crippen LogP contribution in [-0.4, -0.2) is 116 Å². The number of halogens is 2. The zero-order valence-corrected chi connectivity index (χ0v) is 29.4. The number of nitrogens with one attached hydrogen (secondary N) is 2. The number of piperidine rings is 1. The van der Waals surface area contributed by atoms with Gasteiger partial charge in [0.15, 0.2) is 16.8 Å². The van der Waals surface area contributed by atoms with E-state index in [9.17, 15) is 42.4 Å². The summed E-state index contributed by atoms with van der Waals surface area (Å²) >= 11 is 0. The average molecular weight is 750 g/mol. The predicted octanol–water partition coefficient (Wildman–Crippen LogP) is 1.98. The maximum Gasteiger partial charge on any atom is 0.510 e. The van der Waals surface area contributed by atoms with Gasteiger partial charge in [-0.1, -0.05) is 6.07 Å². The van der Waals surface area contributed by atoms with Crippen molar-refractivity contribution >= 4 is 37.5 Å². The van der Waals surface area contributed by atoms with Gasteiger partial charge >= 0.3 is 19.9 Å². The van der Waals surface area contributed by atoms with Crippen LogP contribution in [0.4, 0.5) is 18.4 Å². The molecule has 4 rings (SSSR count). The first kappa shape index (κ1) is 40.0. The molecule has 284 valence electrons. The molecule has 0 aromatic heterocycles. The lowest BCUT2D eigenvalue weighted by Crippen LogP contribution is -2.53. The lowest BCUT2D eigenvalue weighted by atomic mass is 9.99. The number of ketones is 1. The van der Waals surface area contributed by atoms with Crippen molar-refractivity contribution in [2.24, 2.45) is 11.3 Å². The highest BCUT2D eigenvalue weighted by Gasteiger charge is 2.88. The Morgan fingerprint density at radius 3 is 2.24 bits per heavy atom. The van der Waals surface area contributed by atoms with E-state index in [1.807, 2.05) is 0 Å². The van der Waals surface area contributed by atoms with E-state index in [0.29, 0.717) is 19.1 Å². The predicted molar refractivity (Wildman–Crippen MR) is 168 cm³/mol. The third kappa shape index (κ3) is 9.39. The number of fused-ring (bicyclic) bond motifs is 1. The highest BCUT2D eigenvalue weighted by molar-refractivity contribution is 7.53. The molecule has 1 aliphatic carbocycles. The lowest BCUT2D eigenvalue weighted by molar-refractivity contribution is -0.139. The third-order valence-corrected chi connectivity index (χ3v) is 10.1. The molecular weight excluding hydrogens is 707 g/mol. The zero-order chi connectivity index (χ0) is 37.6. The van der Waals surface area contributed by atoms with Crippen LogP contribution in [0.5, 0.6) is 0 Å². The van der Waals surface area contributed by atoms with Crippen molar-refractivity contribution in [3.63, 3.8) is 0 Å². The normalized spacial score (nSPS) is 23.9. The van der Waals surface area contributed by atoms with Gasteiger partial charge in [-0.25, -0.2) is 18.4 Å². The fraction of sp³-hybridized carbons (Fsp3) is 0.645. The second-order valence-electron chi connectivity index (χ2n) is 12.7. The number of hydrogen-bond donors (Lipinski definition) is 3. The highest BCUT2D eigenvalue weighted by Crippen LogP contribution is 2.58. The van der Waals surface area contributed by atoms with Crippen LogP contribution < -0.4 is 10.6 Å². The lowest BCUT2D eigenvalue weighted by Gasteiger charge is -2.30. The molecular formula is C31H42F2N3O14P. The van der Waals surface area contributed by atoms with Gasteiger partial charge in [-0.2, -0.15) is 0 Å². The molecule has 2 unspecified atom stereocenters. The number of nitrogens with zero attached hydrogens (tertiary/aromatic N) is 1. The minimum atomic E-state index is -4.34. The van der Waals surface area contributed by atoms with Gasteiger partial charge in [0.1, 0.15) is 17.7 Å². The molecule has 1 aromatic rings. The Hall–Kier alpha value is -3.74. The van der Waals surface area contributed by atoms with Gasteiger partial charge in [-0.05, 0) is 40.2 Å². The van der Waals surface area contributed by atoms with Crippen molar-refractivity contribution in [2.45, 2.75) is 64.5 Å². The standard InChI is InChI=1S/C31H42F2N3O14P/c1-18(2)49-28(40)45-16-47-51(43,48-17-46-29(41)50-19(3)4)10-8-36(13-20-7-9-44-14-20)25(37)24-31(42)26(38)30(31,15-35-24)27(39)34-12-21-5-6-22(32)11-23(21)33/h5-6,11,18-20,24,35,42H,7-10,12-17H2,1-4H3,(H,34,39)/t20-,24?,30?,31-/m1/s1. The molecule has 17 nitrogen and oxygen atoms in total. The second-order valence-corrected chi connectivity index (χ2v) is 14.9. The molecule has 51 heavy (non-hydrogen) atoms. The minimum Gasteiger partial charge on any atom is -0.432 e. The smallest absolute Gasteiger partial charge is 0.432 e. The summed E-state index contributed by atoms with van der Waals surface area (Å²) in [6.07, 6.45) is -3.31. The zero-order valence-electron chi connectivity index (χ0n) is 28.5. The molecule has 20 heteroatoms. The Labute approximate surface area is 292 Å². The van der Waals surface area contributed by atoms with Crippen molar-refractivity contribution in [2.75, 3.05) is 52.6 Å². The van der Waals surface area contributed by atoms with Crippen molar-refractivity contribution in [1.82, 2.24) is 15.5 Å². The summed E-state index contributed by atoms with van der Waals surface area (Å²) in [4.78, 5) is 65.2. The number of aliphatic hydroxyl groups is 1. The number of carbonyl (C=O) groups excluding carboxylic acids is 5. The Morgan fingerprint density at radius 1 is 1.08 bits per heavy atom.